The summed E-state index contributed by atoms with van der Waals surface area (Å²) in [5.74, 6) is 1.38. The van der Waals surface area contributed by atoms with Crippen molar-refractivity contribution in [3.8, 4) is 5.75 Å². The molecule has 3 aliphatic rings. The predicted molar refractivity (Wildman–Crippen MR) is 132 cm³/mol. The Morgan fingerprint density at radius 3 is 2.70 bits per heavy atom. The lowest BCUT2D eigenvalue weighted by Gasteiger charge is -2.44. The van der Waals surface area contributed by atoms with Gasteiger partial charge in [-0.2, -0.15) is 0 Å². The Kier molecular flexibility index (Phi) is 6.83. The van der Waals surface area contributed by atoms with E-state index in [2.05, 4.69) is 57.2 Å². The van der Waals surface area contributed by atoms with Gasteiger partial charge in [-0.1, -0.05) is 12.1 Å². The minimum absolute atomic E-state index is 0.0259. The van der Waals surface area contributed by atoms with Crippen LogP contribution in [0.3, 0.4) is 0 Å². The van der Waals surface area contributed by atoms with Gasteiger partial charge in [-0.3, -0.25) is 4.79 Å². The van der Waals surface area contributed by atoms with Crippen molar-refractivity contribution in [2.24, 2.45) is 5.92 Å². The number of carbonyl (C=O) groups excluding carboxylic acids is 1. The van der Waals surface area contributed by atoms with Crippen molar-refractivity contribution in [3.05, 3.63) is 59.2 Å². The van der Waals surface area contributed by atoms with E-state index in [4.69, 9.17) is 4.74 Å². The van der Waals surface area contributed by atoms with Gasteiger partial charge in [0, 0.05) is 36.3 Å². The second-order valence-electron chi connectivity index (χ2n) is 9.47. The zero-order valence-corrected chi connectivity index (χ0v) is 19.6. The molecular formula is C27H36N4O2. The summed E-state index contributed by atoms with van der Waals surface area (Å²) in [6.07, 6.45) is 4.88. The van der Waals surface area contributed by atoms with Crippen LogP contribution < -0.4 is 20.7 Å². The summed E-state index contributed by atoms with van der Waals surface area (Å²) in [4.78, 5) is 15.3. The fourth-order valence-electron chi connectivity index (χ4n) is 5.68. The molecule has 0 bridgehead atoms. The van der Waals surface area contributed by atoms with Crippen LogP contribution in [0.15, 0.2) is 42.5 Å². The van der Waals surface area contributed by atoms with Crippen molar-refractivity contribution < 1.29 is 9.53 Å². The summed E-state index contributed by atoms with van der Waals surface area (Å²) >= 11 is 0. The highest BCUT2D eigenvalue weighted by Crippen LogP contribution is 2.47. The van der Waals surface area contributed by atoms with Crippen LogP contribution in [0.1, 0.15) is 66.2 Å². The fourth-order valence-corrected chi connectivity index (χ4v) is 5.68. The first-order valence-electron chi connectivity index (χ1n) is 12.6. The van der Waals surface area contributed by atoms with Gasteiger partial charge in [-0.15, -0.1) is 0 Å². The zero-order valence-electron chi connectivity index (χ0n) is 19.6. The largest absolute Gasteiger partial charge is 0.494 e. The van der Waals surface area contributed by atoms with Gasteiger partial charge in [0.1, 0.15) is 5.75 Å². The highest BCUT2D eigenvalue weighted by Gasteiger charge is 2.39. The molecule has 0 saturated carbocycles. The summed E-state index contributed by atoms with van der Waals surface area (Å²) < 4.78 is 5.63. The van der Waals surface area contributed by atoms with Gasteiger partial charge >= 0.3 is 0 Å². The van der Waals surface area contributed by atoms with E-state index in [-0.39, 0.29) is 18.0 Å². The summed E-state index contributed by atoms with van der Waals surface area (Å²) in [5.41, 5.74) is 4.38. The molecule has 3 unspecified atom stereocenters. The number of hydrogen-bond acceptors (Lipinski definition) is 5. The molecule has 2 fully saturated rings. The Hall–Kier alpha value is -2.57. The fraction of sp³-hybridized carbons (Fsp3) is 0.519. The maximum atomic E-state index is 12.9. The topological polar surface area (TPSA) is 65.6 Å². The minimum atomic E-state index is 0.0259. The quantitative estimate of drug-likeness (QED) is 0.595. The molecule has 3 aliphatic heterocycles. The molecular weight excluding hydrogens is 412 g/mol. The average Bonchev–Trinajstić information content (AvgIpc) is 3.37. The van der Waals surface area contributed by atoms with Gasteiger partial charge in [0.15, 0.2) is 0 Å². The van der Waals surface area contributed by atoms with Gasteiger partial charge in [0.05, 0.1) is 12.6 Å². The van der Waals surface area contributed by atoms with Crippen LogP contribution in [0.2, 0.25) is 0 Å². The number of piperidine rings is 1. The molecule has 0 aliphatic carbocycles. The maximum Gasteiger partial charge on any atom is 0.251 e. The number of anilines is 1. The lowest BCUT2D eigenvalue weighted by atomic mass is 9.75. The second-order valence-corrected chi connectivity index (χ2v) is 9.47. The number of amides is 1. The molecule has 0 spiro atoms. The highest BCUT2D eigenvalue weighted by molar-refractivity contribution is 5.95. The number of nitrogens with zero attached hydrogens (tertiary/aromatic N) is 1. The van der Waals surface area contributed by atoms with Crippen LogP contribution in [0, 0.1) is 5.92 Å². The van der Waals surface area contributed by atoms with E-state index < -0.39 is 0 Å². The third-order valence-electron chi connectivity index (χ3n) is 7.36. The molecule has 33 heavy (non-hydrogen) atoms. The van der Waals surface area contributed by atoms with Gasteiger partial charge in [0.25, 0.3) is 5.91 Å². The molecule has 0 aromatic heterocycles. The third-order valence-corrected chi connectivity index (χ3v) is 7.36. The Morgan fingerprint density at radius 2 is 1.91 bits per heavy atom. The van der Waals surface area contributed by atoms with Crippen LogP contribution >= 0.6 is 0 Å². The average molecular weight is 449 g/mol. The number of ether oxygens (including phenoxy) is 1. The van der Waals surface area contributed by atoms with E-state index >= 15 is 0 Å². The number of carbonyl (C=O) groups is 1. The molecule has 0 radical (unpaired) electrons. The Morgan fingerprint density at radius 1 is 1.09 bits per heavy atom. The molecule has 1 amide bonds. The highest BCUT2D eigenvalue weighted by atomic mass is 16.5. The molecule has 2 aromatic carbocycles. The van der Waals surface area contributed by atoms with Gasteiger partial charge in [-0.25, -0.2) is 0 Å². The van der Waals surface area contributed by atoms with Crippen molar-refractivity contribution in [1.29, 1.82) is 0 Å². The zero-order chi connectivity index (χ0) is 22.6. The predicted octanol–water partition coefficient (Wildman–Crippen LogP) is 4.12. The Labute approximate surface area is 197 Å². The first kappa shape index (κ1) is 22.2. The molecule has 3 atom stereocenters. The molecule has 6 heteroatoms. The van der Waals surface area contributed by atoms with Crippen LogP contribution in [0.5, 0.6) is 5.75 Å². The van der Waals surface area contributed by atoms with Crippen molar-refractivity contribution >= 4 is 11.6 Å². The maximum absolute atomic E-state index is 12.9. The standard InChI is InChI=1S/C27H36N4O2/c1-2-33-21-10-7-19(8-11-21)25-22-6-5-13-28-26(22)23-18-20(9-12-24(23)30-25)27(32)29-14-17-31-15-3-4-16-31/h7-12,18,22,25-26,28,30H,2-6,13-17H2,1H3,(H,29,32). The van der Waals surface area contributed by atoms with E-state index in [1.54, 1.807) is 0 Å². The van der Waals surface area contributed by atoms with Crippen LogP contribution in [-0.2, 0) is 0 Å². The van der Waals surface area contributed by atoms with Gasteiger partial charge in [-0.05, 0) is 93.7 Å². The number of hydrogen-bond donors (Lipinski definition) is 3. The molecule has 5 rings (SSSR count). The van der Waals surface area contributed by atoms with Crippen molar-refractivity contribution in [2.75, 3.05) is 44.6 Å². The van der Waals surface area contributed by atoms with E-state index in [0.29, 0.717) is 19.1 Å². The summed E-state index contributed by atoms with van der Waals surface area (Å²) in [7, 11) is 0. The molecule has 2 saturated heterocycles. The lowest BCUT2D eigenvalue weighted by molar-refractivity contribution is 0.0949. The van der Waals surface area contributed by atoms with E-state index in [1.165, 1.54) is 30.4 Å². The van der Waals surface area contributed by atoms with E-state index in [0.717, 1.165) is 49.6 Å². The SMILES string of the molecule is CCOc1ccc(C2Nc3ccc(C(=O)NCCN4CCCC4)cc3C3NCCCC23)cc1. The third kappa shape index (κ3) is 4.87. The van der Waals surface area contributed by atoms with Crippen molar-refractivity contribution in [3.63, 3.8) is 0 Å². The Balaban J connectivity index is 1.32. The summed E-state index contributed by atoms with van der Waals surface area (Å²) in [6, 6.07) is 15.1. The molecule has 6 nitrogen and oxygen atoms in total. The van der Waals surface area contributed by atoms with Crippen LogP contribution in [0.4, 0.5) is 5.69 Å². The second kappa shape index (κ2) is 10.1. The number of rotatable bonds is 7. The Bertz CT molecular complexity index is 955. The van der Waals surface area contributed by atoms with Crippen molar-refractivity contribution in [2.45, 2.75) is 44.7 Å². The molecule has 176 valence electrons. The number of benzene rings is 2. The first-order chi connectivity index (χ1) is 16.2. The number of nitrogens with one attached hydrogen (secondary N) is 3. The first-order valence-corrected chi connectivity index (χ1v) is 12.6. The van der Waals surface area contributed by atoms with E-state index in [1.807, 2.05) is 13.0 Å². The van der Waals surface area contributed by atoms with Gasteiger partial charge < -0.3 is 25.6 Å². The lowest BCUT2D eigenvalue weighted by Crippen LogP contribution is -2.42. The minimum Gasteiger partial charge on any atom is -0.494 e. The number of fused-ring (bicyclic) bond motifs is 3. The summed E-state index contributed by atoms with van der Waals surface area (Å²) in [5, 5.41) is 10.7. The molecule has 3 heterocycles. The smallest absolute Gasteiger partial charge is 0.251 e. The van der Waals surface area contributed by atoms with Gasteiger partial charge in [0.2, 0.25) is 0 Å². The molecule has 2 aromatic rings. The van der Waals surface area contributed by atoms with E-state index in [9.17, 15) is 4.79 Å². The molecule has 3 N–H and O–H groups in total. The number of likely N-dealkylation sites (tertiary alicyclic amines) is 1. The summed E-state index contributed by atoms with van der Waals surface area (Å²) in [6.45, 7) is 7.66. The van der Waals surface area contributed by atoms with Crippen LogP contribution in [0.25, 0.3) is 0 Å². The normalized spacial score (nSPS) is 24.5. The monoisotopic (exact) mass is 448 g/mol. The van der Waals surface area contributed by atoms with Crippen LogP contribution in [-0.4, -0.2) is 50.1 Å². The van der Waals surface area contributed by atoms with Crippen molar-refractivity contribution in [1.82, 2.24) is 15.5 Å².